The van der Waals surface area contributed by atoms with Gasteiger partial charge >= 0.3 is 0 Å². The second-order valence-electron chi connectivity index (χ2n) is 12.8. The molecule has 1 aromatic heterocycles. The van der Waals surface area contributed by atoms with Crippen LogP contribution in [0.5, 0.6) is 0 Å². The summed E-state index contributed by atoms with van der Waals surface area (Å²) in [5.41, 5.74) is 0.927. The normalized spacial score (nSPS) is 40.0. The Balaban J connectivity index is 1.22. The number of fused-ring (bicyclic) bond motifs is 6. The van der Waals surface area contributed by atoms with Gasteiger partial charge in [-0.3, -0.25) is 4.79 Å². The summed E-state index contributed by atoms with van der Waals surface area (Å²) in [5.74, 6) is 3.28. The third-order valence-electron chi connectivity index (χ3n) is 11.2. The zero-order valence-electron chi connectivity index (χ0n) is 21.8. The van der Waals surface area contributed by atoms with E-state index in [-0.39, 0.29) is 34.2 Å². The van der Waals surface area contributed by atoms with E-state index in [1.165, 1.54) is 49.4 Å². The largest absolute Gasteiger partial charge is 0.384 e. The maximum atomic E-state index is 14.4. The third-order valence-corrected chi connectivity index (χ3v) is 11.5. The summed E-state index contributed by atoms with van der Waals surface area (Å²) in [5, 5.41) is 8.67. The highest BCUT2D eigenvalue weighted by Gasteiger charge is 2.62. The molecule has 1 heterocycles. The average Bonchev–Trinajstić information content (AvgIpc) is 3.42. The molecule has 8 atom stereocenters. The smallest absolute Gasteiger partial charge is 0.171 e. The summed E-state index contributed by atoms with van der Waals surface area (Å²) in [4.78, 5) is 15.0. The number of hydrogen-bond acceptors (Lipinski definition) is 4. The van der Waals surface area contributed by atoms with E-state index < -0.39 is 5.82 Å². The predicted octanol–water partition coefficient (Wildman–Crippen LogP) is 6.71. The van der Waals surface area contributed by atoms with Crippen molar-refractivity contribution < 1.29 is 13.9 Å². The minimum Gasteiger partial charge on any atom is -0.384 e. The predicted molar refractivity (Wildman–Crippen MR) is 138 cm³/mol. The molecule has 0 amide bonds. The molecule has 0 aliphatic heterocycles. The zero-order valence-corrected chi connectivity index (χ0v) is 22.6. The van der Waals surface area contributed by atoms with Crippen LogP contribution in [0, 0.1) is 52.2 Å². The second kappa shape index (κ2) is 9.04. The molecule has 4 aliphatic rings. The van der Waals surface area contributed by atoms with Crippen LogP contribution in [0.25, 0.3) is 11.0 Å². The van der Waals surface area contributed by atoms with Crippen molar-refractivity contribution in [2.75, 3.05) is 13.7 Å². The number of halogens is 2. The number of ketones is 1. The number of nitrogens with zero attached hydrogens (tertiary/aromatic N) is 3. The van der Waals surface area contributed by atoms with Crippen LogP contribution in [0.2, 0.25) is 5.02 Å². The van der Waals surface area contributed by atoms with Gasteiger partial charge in [0.05, 0.1) is 11.6 Å². The average molecular weight is 516 g/mol. The van der Waals surface area contributed by atoms with Crippen molar-refractivity contribution in [2.24, 2.45) is 46.3 Å². The lowest BCUT2D eigenvalue weighted by molar-refractivity contribution is -0.154. The third kappa shape index (κ3) is 3.68. The first-order chi connectivity index (χ1) is 17.3. The highest BCUT2D eigenvalue weighted by atomic mass is 35.5. The molecule has 0 N–H and O–H groups in total. The number of Topliss-reactive ketones (excluding diaryl/α,β-unsaturated/α-hetero) is 1. The summed E-state index contributed by atoms with van der Waals surface area (Å²) < 4.78 is 20.3. The van der Waals surface area contributed by atoms with Crippen LogP contribution >= 0.6 is 11.6 Å². The molecule has 7 heteroatoms. The lowest BCUT2D eigenvalue weighted by Gasteiger charge is -2.61. The van der Waals surface area contributed by atoms with Crippen LogP contribution < -0.4 is 0 Å². The van der Waals surface area contributed by atoms with Crippen molar-refractivity contribution in [1.82, 2.24) is 15.0 Å². The Hall–Kier alpha value is -1.53. The molecule has 1 aromatic carbocycles. The van der Waals surface area contributed by atoms with E-state index in [4.69, 9.17) is 16.3 Å². The molecule has 4 fully saturated rings. The fourth-order valence-electron chi connectivity index (χ4n) is 9.63. The fourth-order valence-corrected chi connectivity index (χ4v) is 9.78. The Kier molecular flexibility index (Phi) is 6.23. The van der Waals surface area contributed by atoms with Crippen molar-refractivity contribution >= 4 is 28.4 Å². The van der Waals surface area contributed by atoms with Crippen LogP contribution in [0.4, 0.5) is 4.39 Å². The second-order valence-corrected chi connectivity index (χ2v) is 13.2. The zero-order chi connectivity index (χ0) is 25.2. The minimum absolute atomic E-state index is 0.0217. The Bertz CT molecular complexity index is 1170. The van der Waals surface area contributed by atoms with Gasteiger partial charge in [0, 0.05) is 13.0 Å². The van der Waals surface area contributed by atoms with Crippen LogP contribution in [0.3, 0.4) is 0 Å². The summed E-state index contributed by atoms with van der Waals surface area (Å²) in [6, 6.07) is 3.14. The lowest BCUT2D eigenvalue weighted by Crippen LogP contribution is -2.56. The Morgan fingerprint density at radius 2 is 1.97 bits per heavy atom. The number of aromatic nitrogens is 3. The topological polar surface area (TPSA) is 57.0 Å². The molecule has 0 bridgehead atoms. The molecule has 36 heavy (non-hydrogen) atoms. The molecule has 5 nitrogen and oxygen atoms in total. The highest BCUT2D eigenvalue weighted by Crippen LogP contribution is 2.68. The summed E-state index contributed by atoms with van der Waals surface area (Å²) in [7, 11) is 1.89. The molecule has 196 valence electrons. The molecule has 2 aromatic rings. The van der Waals surface area contributed by atoms with E-state index >= 15 is 0 Å². The monoisotopic (exact) mass is 515 g/mol. The molecule has 0 radical (unpaired) electrons. The standard InChI is InChI=1S/C29H39ClFN3O2/c1-17-10-13-29(16-36-3)18(14-17)4-5-19-20-6-7-22(28(20,2)12-11-21(19)29)25(35)15-34-32-24-9-8-23(30)26(31)27(24)33-34/h8-9,17-22H,4-7,10-16H2,1-3H3/t17?,18?,19?,20?,21?,22-,28?,29?/m1/s1. The fraction of sp³-hybridized carbons (Fsp3) is 0.759. The molecular formula is C29H39ClFN3O2. The van der Waals surface area contributed by atoms with E-state index in [2.05, 4.69) is 24.0 Å². The number of carbonyl (C=O) groups excluding carboxylic acids is 1. The van der Waals surface area contributed by atoms with Gasteiger partial charge in [-0.15, -0.1) is 5.10 Å². The summed E-state index contributed by atoms with van der Waals surface area (Å²) in [6.07, 6.45) is 11.0. The molecule has 0 saturated heterocycles. The maximum absolute atomic E-state index is 14.4. The lowest BCUT2D eigenvalue weighted by atomic mass is 9.44. The number of rotatable bonds is 5. The van der Waals surface area contributed by atoms with Gasteiger partial charge in [-0.1, -0.05) is 31.9 Å². The Morgan fingerprint density at radius 3 is 2.78 bits per heavy atom. The van der Waals surface area contributed by atoms with Gasteiger partial charge < -0.3 is 4.74 Å². The molecule has 7 unspecified atom stereocenters. The Morgan fingerprint density at radius 1 is 1.14 bits per heavy atom. The number of ether oxygens (including phenoxy) is 1. The molecule has 0 spiro atoms. The van der Waals surface area contributed by atoms with Crippen molar-refractivity contribution in [2.45, 2.75) is 78.2 Å². The SMILES string of the molecule is COCC12CCC(C)CC1CCC1C2CCC2(C)C1CC[C@@H]2C(=O)Cn1nc2ccc(Cl)c(F)c2n1. The Labute approximate surface area is 218 Å². The molecule has 4 saturated carbocycles. The van der Waals surface area contributed by atoms with Crippen LogP contribution in [0.1, 0.15) is 71.6 Å². The summed E-state index contributed by atoms with van der Waals surface area (Å²) in [6.45, 7) is 5.80. The first-order valence-corrected chi connectivity index (χ1v) is 14.3. The number of carbonyl (C=O) groups is 1. The van der Waals surface area contributed by atoms with Gasteiger partial charge in [0.1, 0.15) is 17.6 Å². The van der Waals surface area contributed by atoms with Crippen molar-refractivity contribution in [3.8, 4) is 0 Å². The van der Waals surface area contributed by atoms with E-state index in [0.29, 0.717) is 22.8 Å². The van der Waals surface area contributed by atoms with Gasteiger partial charge in [0.2, 0.25) is 0 Å². The van der Waals surface area contributed by atoms with Crippen LogP contribution in [0.15, 0.2) is 12.1 Å². The van der Waals surface area contributed by atoms with Gasteiger partial charge in [0.15, 0.2) is 11.6 Å². The first kappa shape index (κ1) is 24.8. The molecular weight excluding hydrogens is 477 g/mol. The molecule has 4 aliphatic carbocycles. The number of hydrogen-bond donors (Lipinski definition) is 0. The van der Waals surface area contributed by atoms with Gasteiger partial charge in [-0.25, -0.2) is 4.39 Å². The molecule has 6 rings (SSSR count). The van der Waals surface area contributed by atoms with Crippen LogP contribution in [-0.2, 0) is 16.1 Å². The number of benzene rings is 1. The van der Waals surface area contributed by atoms with Crippen molar-refractivity contribution in [3.63, 3.8) is 0 Å². The van der Waals surface area contributed by atoms with E-state index in [9.17, 15) is 9.18 Å². The highest BCUT2D eigenvalue weighted by molar-refractivity contribution is 6.31. The minimum atomic E-state index is -0.572. The van der Waals surface area contributed by atoms with E-state index in [0.717, 1.165) is 43.6 Å². The number of methoxy groups -OCH3 is 1. The van der Waals surface area contributed by atoms with Gasteiger partial charge in [-0.05, 0) is 104 Å². The van der Waals surface area contributed by atoms with Gasteiger partial charge in [-0.2, -0.15) is 9.90 Å². The van der Waals surface area contributed by atoms with Crippen molar-refractivity contribution in [3.05, 3.63) is 23.0 Å². The van der Waals surface area contributed by atoms with E-state index in [1.54, 1.807) is 6.07 Å². The summed E-state index contributed by atoms with van der Waals surface area (Å²) >= 11 is 5.91. The van der Waals surface area contributed by atoms with E-state index in [1.807, 2.05) is 7.11 Å². The van der Waals surface area contributed by atoms with Crippen molar-refractivity contribution in [1.29, 1.82) is 0 Å². The van der Waals surface area contributed by atoms with Gasteiger partial charge in [0.25, 0.3) is 0 Å². The maximum Gasteiger partial charge on any atom is 0.171 e. The van der Waals surface area contributed by atoms with Crippen LogP contribution in [-0.4, -0.2) is 34.5 Å². The quantitative estimate of drug-likeness (QED) is 0.443. The first-order valence-electron chi connectivity index (χ1n) is 14.0.